The molecule has 2 rings (SSSR count). The van der Waals surface area contributed by atoms with Gasteiger partial charge >= 0.3 is 5.97 Å². The van der Waals surface area contributed by atoms with Crippen molar-refractivity contribution in [3.8, 4) is 0 Å². The van der Waals surface area contributed by atoms with E-state index in [2.05, 4.69) is 0 Å². The van der Waals surface area contributed by atoms with Gasteiger partial charge in [-0.1, -0.05) is 13.0 Å². The van der Waals surface area contributed by atoms with Gasteiger partial charge in [-0.3, -0.25) is 0 Å². The lowest BCUT2D eigenvalue weighted by molar-refractivity contribution is 0.0686. The first-order valence-corrected chi connectivity index (χ1v) is 8.60. The van der Waals surface area contributed by atoms with Gasteiger partial charge in [0.1, 0.15) is 10.6 Å². The van der Waals surface area contributed by atoms with Crippen LogP contribution in [0.4, 0.5) is 0 Å². The first-order chi connectivity index (χ1) is 9.86. The van der Waals surface area contributed by atoms with E-state index in [9.17, 15) is 13.2 Å². The van der Waals surface area contributed by atoms with E-state index in [0.717, 1.165) is 4.88 Å². The Morgan fingerprint density at radius 1 is 1.48 bits per heavy atom. The van der Waals surface area contributed by atoms with E-state index in [4.69, 9.17) is 5.11 Å². The number of hydrogen-bond acceptors (Lipinski definition) is 4. The predicted molar refractivity (Wildman–Crippen MR) is 80.0 cm³/mol. The fourth-order valence-corrected chi connectivity index (χ4v) is 4.28. The van der Waals surface area contributed by atoms with Crippen LogP contribution in [0.25, 0.3) is 0 Å². The van der Waals surface area contributed by atoms with Gasteiger partial charge in [0.05, 0.1) is 0 Å². The summed E-state index contributed by atoms with van der Waals surface area (Å²) in [5.74, 6) is -1.15. The normalized spacial score (nSPS) is 12.0. The molecule has 0 saturated carbocycles. The maximum absolute atomic E-state index is 12.6. The second-order valence-corrected chi connectivity index (χ2v) is 7.46. The first-order valence-electron chi connectivity index (χ1n) is 6.28. The van der Waals surface area contributed by atoms with Crippen LogP contribution < -0.4 is 0 Å². The summed E-state index contributed by atoms with van der Waals surface area (Å²) in [6.45, 7) is 2.36. The molecule has 0 aliphatic carbocycles. The summed E-state index contributed by atoms with van der Waals surface area (Å²) < 4.78 is 27.8. The quantitative estimate of drug-likeness (QED) is 0.879. The van der Waals surface area contributed by atoms with Crippen LogP contribution in [-0.2, 0) is 23.6 Å². The fraction of sp³-hybridized carbons (Fsp3) is 0.308. The van der Waals surface area contributed by atoms with Crippen LogP contribution in [0, 0.1) is 0 Å². The maximum Gasteiger partial charge on any atom is 0.352 e. The summed E-state index contributed by atoms with van der Waals surface area (Å²) in [6.07, 6.45) is 1.33. The molecule has 2 aromatic heterocycles. The lowest BCUT2D eigenvalue weighted by Gasteiger charge is -2.18. The lowest BCUT2D eigenvalue weighted by Crippen LogP contribution is -2.29. The number of carboxylic acids is 1. The van der Waals surface area contributed by atoms with E-state index in [1.165, 1.54) is 39.5 Å². The third-order valence-corrected chi connectivity index (χ3v) is 5.85. The SMILES string of the molecule is CCN(Cc1cccs1)S(=O)(=O)c1cc(C(=O)O)n(C)c1. The molecule has 0 radical (unpaired) electrons. The number of aromatic carboxylic acids is 1. The van der Waals surface area contributed by atoms with Crippen LogP contribution in [0.2, 0.25) is 0 Å². The number of nitrogens with zero attached hydrogens (tertiary/aromatic N) is 2. The molecule has 0 spiro atoms. The van der Waals surface area contributed by atoms with E-state index < -0.39 is 16.0 Å². The maximum atomic E-state index is 12.6. The molecular formula is C13H16N2O4S2. The van der Waals surface area contributed by atoms with Crippen molar-refractivity contribution in [1.82, 2.24) is 8.87 Å². The Balaban J connectivity index is 2.35. The fourth-order valence-electron chi connectivity index (χ4n) is 1.98. The minimum Gasteiger partial charge on any atom is -0.477 e. The molecule has 0 aliphatic heterocycles. The zero-order valence-electron chi connectivity index (χ0n) is 11.7. The zero-order valence-corrected chi connectivity index (χ0v) is 13.3. The van der Waals surface area contributed by atoms with Crippen LogP contribution >= 0.6 is 11.3 Å². The monoisotopic (exact) mass is 328 g/mol. The summed E-state index contributed by atoms with van der Waals surface area (Å²) in [5, 5.41) is 10.9. The third kappa shape index (κ3) is 3.17. The number of carboxylic acid groups (broad SMARTS) is 1. The molecule has 0 aliphatic rings. The van der Waals surface area contributed by atoms with Gasteiger partial charge in [0.25, 0.3) is 0 Å². The highest BCUT2D eigenvalue weighted by atomic mass is 32.2. The first kappa shape index (κ1) is 15.7. The highest BCUT2D eigenvalue weighted by Crippen LogP contribution is 2.22. The number of carbonyl (C=O) groups is 1. The van der Waals surface area contributed by atoms with E-state index in [0.29, 0.717) is 6.54 Å². The van der Waals surface area contributed by atoms with Crippen molar-refractivity contribution in [2.75, 3.05) is 6.54 Å². The molecule has 0 unspecified atom stereocenters. The highest BCUT2D eigenvalue weighted by Gasteiger charge is 2.26. The molecule has 0 saturated heterocycles. The number of hydrogen-bond donors (Lipinski definition) is 1. The Hall–Kier alpha value is -1.64. The molecule has 1 N–H and O–H groups in total. The Labute approximate surface area is 127 Å². The topological polar surface area (TPSA) is 79.6 Å². The van der Waals surface area contributed by atoms with E-state index >= 15 is 0 Å². The molecule has 114 valence electrons. The van der Waals surface area contributed by atoms with Gasteiger partial charge in [-0.15, -0.1) is 11.3 Å². The average molecular weight is 328 g/mol. The standard InChI is InChI=1S/C13H16N2O4S2/c1-3-15(8-10-5-4-6-20-10)21(18,19)11-7-12(13(16)17)14(2)9-11/h4-7,9H,3,8H2,1-2H3,(H,16,17). The van der Waals surface area contributed by atoms with E-state index in [-0.39, 0.29) is 17.1 Å². The third-order valence-electron chi connectivity index (χ3n) is 3.10. The van der Waals surface area contributed by atoms with E-state index in [1.54, 1.807) is 6.92 Å². The van der Waals surface area contributed by atoms with Gasteiger partial charge in [-0.2, -0.15) is 4.31 Å². The molecule has 2 aromatic rings. The number of aromatic nitrogens is 1. The molecule has 0 bridgehead atoms. The number of sulfonamides is 1. The Morgan fingerprint density at radius 2 is 2.19 bits per heavy atom. The van der Waals surface area contributed by atoms with Crippen LogP contribution in [-0.4, -0.2) is 34.9 Å². The summed E-state index contributed by atoms with van der Waals surface area (Å²) in [5.41, 5.74) is -0.0549. The van der Waals surface area contributed by atoms with Crippen molar-refractivity contribution < 1.29 is 18.3 Å². The van der Waals surface area contributed by atoms with Crippen molar-refractivity contribution in [2.45, 2.75) is 18.4 Å². The smallest absolute Gasteiger partial charge is 0.352 e. The van der Waals surface area contributed by atoms with Gasteiger partial charge in [-0.05, 0) is 17.5 Å². The molecule has 21 heavy (non-hydrogen) atoms. The summed E-state index contributed by atoms with van der Waals surface area (Å²) in [4.78, 5) is 12.0. The number of rotatable bonds is 6. The zero-order chi connectivity index (χ0) is 15.6. The summed E-state index contributed by atoms with van der Waals surface area (Å²) in [6, 6.07) is 4.93. The molecule has 0 atom stereocenters. The molecule has 6 nitrogen and oxygen atoms in total. The highest BCUT2D eigenvalue weighted by molar-refractivity contribution is 7.89. The number of thiophene rings is 1. The Bertz CT molecular complexity index is 732. The number of aryl methyl sites for hydroxylation is 1. The van der Waals surface area contributed by atoms with Crippen molar-refractivity contribution >= 4 is 27.3 Å². The largest absolute Gasteiger partial charge is 0.477 e. The second kappa shape index (κ2) is 6.00. The van der Waals surface area contributed by atoms with Crippen molar-refractivity contribution in [3.05, 3.63) is 40.3 Å². The molecule has 8 heteroatoms. The average Bonchev–Trinajstić information content (AvgIpc) is 3.04. The second-order valence-electron chi connectivity index (χ2n) is 4.49. The van der Waals surface area contributed by atoms with Crippen molar-refractivity contribution in [1.29, 1.82) is 0 Å². The molecule has 0 amide bonds. The van der Waals surface area contributed by atoms with Gasteiger partial charge < -0.3 is 9.67 Å². The predicted octanol–water partition coefficient (Wildman–Crippen LogP) is 2.00. The summed E-state index contributed by atoms with van der Waals surface area (Å²) in [7, 11) is -2.19. The van der Waals surface area contributed by atoms with Gasteiger partial charge in [0.15, 0.2) is 0 Å². The molecule has 2 heterocycles. The van der Waals surface area contributed by atoms with Crippen molar-refractivity contribution in [3.63, 3.8) is 0 Å². The molecule has 0 aromatic carbocycles. The molecule has 0 fully saturated rings. The molecular weight excluding hydrogens is 312 g/mol. The minimum atomic E-state index is -3.71. The van der Waals surface area contributed by atoms with Crippen LogP contribution in [0.3, 0.4) is 0 Å². The van der Waals surface area contributed by atoms with Crippen LogP contribution in [0.15, 0.2) is 34.7 Å². The Morgan fingerprint density at radius 3 is 2.67 bits per heavy atom. The lowest BCUT2D eigenvalue weighted by atomic mass is 10.4. The van der Waals surface area contributed by atoms with Gasteiger partial charge in [-0.25, -0.2) is 13.2 Å². The van der Waals surface area contributed by atoms with Crippen molar-refractivity contribution in [2.24, 2.45) is 7.05 Å². The van der Waals surface area contributed by atoms with Gasteiger partial charge in [0.2, 0.25) is 10.0 Å². The van der Waals surface area contributed by atoms with Gasteiger partial charge in [0, 0.05) is 31.2 Å². The Kier molecular flexibility index (Phi) is 4.50. The van der Waals surface area contributed by atoms with E-state index in [1.807, 2.05) is 17.5 Å². The summed E-state index contributed by atoms with van der Waals surface area (Å²) >= 11 is 1.49. The van der Waals surface area contributed by atoms with Crippen LogP contribution in [0.5, 0.6) is 0 Å². The van der Waals surface area contributed by atoms with Crippen LogP contribution in [0.1, 0.15) is 22.3 Å². The minimum absolute atomic E-state index is 0.000746.